The fraction of sp³-hybridized carbons (Fsp3) is 0.154. The Morgan fingerprint density at radius 1 is 1.50 bits per heavy atom. The molecule has 0 fully saturated rings. The van der Waals surface area contributed by atoms with Crippen LogP contribution in [0.2, 0.25) is 0 Å². The summed E-state index contributed by atoms with van der Waals surface area (Å²) in [6.07, 6.45) is 1.66. The van der Waals surface area contributed by atoms with E-state index < -0.39 is 0 Å². The number of amides is 1. The van der Waals surface area contributed by atoms with Crippen LogP contribution in [-0.4, -0.2) is 17.4 Å². The van der Waals surface area contributed by atoms with Crippen LogP contribution in [0.4, 0.5) is 0 Å². The molecular weight excluding hydrogens is 200 g/mol. The van der Waals surface area contributed by atoms with Crippen LogP contribution in [0.3, 0.4) is 0 Å². The lowest BCUT2D eigenvalue weighted by molar-refractivity contribution is 0.0958. The maximum Gasteiger partial charge on any atom is 0.251 e. The largest absolute Gasteiger partial charge is 0.359 e. The first-order valence-corrected chi connectivity index (χ1v) is 5.19. The molecule has 82 valence electrons. The summed E-state index contributed by atoms with van der Waals surface area (Å²) in [5, 5.41) is 3.81. The number of aromatic nitrogens is 1. The van der Waals surface area contributed by atoms with Gasteiger partial charge >= 0.3 is 0 Å². The average molecular weight is 214 g/mol. The number of benzene rings is 1. The van der Waals surface area contributed by atoms with Crippen LogP contribution >= 0.6 is 0 Å². The first-order valence-electron chi connectivity index (χ1n) is 5.19. The molecule has 0 unspecified atom stereocenters. The van der Waals surface area contributed by atoms with Gasteiger partial charge in [-0.3, -0.25) is 4.79 Å². The van der Waals surface area contributed by atoms with Gasteiger partial charge in [-0.25, -0.2) is 0 Å². The van der Waals surface area contributed by atoms with Gasteiger partial charge in [0.15, 0.2) is 0 Å². The number of carbonyl (C=O) groups is 1. The minimum Gasteiger partial charge on any atom is -0.359 e. The maximum atomic E-state index is 11.7. The Morgan fingerprint density at radius 2 is 2.31 bits per heavy atom. The molecule has 0 bridgehead atoms. The van der Waals surface area contributed by atoms with Crippen molar-refractivity contribution in [3.05, 3.63) is 48.2 Å². The van der Waals surface area contributed by atoms with Crippen LogP contribution in [0.15, 0.2) is 36.9 Å². The Morgan fingerprint density at radius 3 is 3.06 bits per heavy atom. The van der Waals surface area contributed by atoms with Gasteiger partial charge in [-0.15, -0.1) is 6.58 Å². The molecule has 16 heavy (non-hydrogen) atoms. The van der Waals surface area contributed by atoms with Crippen molar-refractivity contribution in [3.8, 4) is 0 Å². The van der Waals surface area contributed by atoms with Gasteiger partial charge in [-0.2, -0.15) is 0 Å². The molecule has 3 nitrogen and oxygen atoms in total. The number of aromatic amines is 1. The molecule has 1 aromatic carbocycles. The number of hydrogen-bond acceptors (Lipinski definition) is 1. The number of hydrogen-bond donors (Lipinski definition) is 2. The van der Waals surface area contributed by atoms with E-state index in [1.807, 2.05) is 31.2 Å². The fourth-order valence-corrected chi connectivity index (χ4v) is 1.69. The molecule has 1 heterocycles. The molecule has 0 saturated carbocycles. The average Bonchev–Trinajstić information content (AvgIpc) is 2.64. The molecule has 2 aromatic rings. The number of nitrogens with one attached hydrogen (secondary N) is 2. The summed E-state index contributed by atoms with van der Waals surface area (Å²) in [7, 11) is 0. The lowest BCUT2D eigenvalue weighted by atomic mass is 10.1. The van der Waals surface area contributed by atoms with Crippen molar-refractivity contribution >= 4 is 16.8 Å². The normalized spacial score (nSPS) is 10.3. The van der Waals surface area contributed by atoms with Crippen molar-refractivity contribution in [2.45, 2.75) is 6.92 Å². The van der Waals surface area contributed by atoms with Crippen LogP contribution < -0.4 is 5.32 Å². The predicted octanol–water partition coefficient (Wildman–Crippen LogP) is 2.39. The second-order valence-electron chi connectivity index (χ2n) is 3.75. The lowest BCUT2D eigenvalue weighted by Gasteiger charge is -2.01. The van der Waals surface area contributed by atoms with Crippen molar-refractivity contribution in [2.24, 2.45) is 0 Å². The van der Waals surface area contributed by atoms with E-state index in [9.17, 15) is 4.79 Å². The molecule has 0 aliphatic carbocycles. The molecule has 3 heteroatoms. The van der Waals surface area contributed by atoms with E-state index in [2.05, 4.69) is 16.9 Å². The molecule has 1 amide bonds. The molecule has 0 aliphatic heterocycles. The maximum absolute atomic E-state index is 11.7. The number of rotatable bonds is 3. The highest BCUT2D eigenvalue weighted by Crippen LogP contribution is 2.16. The van der Waals surface area contributed by atoms with Gasteiger partial charge in [0, 0.05) is 28.7 Å². The van der Waals surface area contributed by atoms with Crippen molar-refractivity contribution in [1.29, 1.82) is 0 Å². The summed E-state index contributed by atoms with van der Waals surface area (Å²) in [5.41, 5.74) is 2.82. The zero-order valence-electron chi connectivity index (χ0n) is 9.21. The summed E-state index contributed by atoms with van der Waals surface area (Å²) in [6, 6.07) is 7.65. The molecule has 0 atom stereocenters. The Bertz CT molecular complexity index is 540. The summed E-state index contributed by atoms with van der Waals surface area (Å²) < 4.78 is 0. The molecule has 1 aromatic heterocycles. The van der Waals surface area contributed by atoms with Gasteiger partial charge in [-0.05, 0) is 31.2 Å². The summed E-state index contributed by atoms with van der Waals surface area (Å²) in [5.74, 6) is -0.0688. The van der Waals surface area contributed by atoms with E-state index in [4.69, 9.17) is 0 Å². The third-order valence-electron chi connectivity index (χ3n) is 2.42. The van der Waals surface area contributed by atoms with Crippen molar-refractivity contribution in [2.75, 3.05) is 6.54 Å². The smallest absolute Gasteiger partial charge is 0.251 e. The van der Waals surface area contributed by atoms with Gasteiger partial charge < -0.3 is 10.3 Å². The van der Waals surface area contributed by atoms with Crippen molar-refractivity contribution < 1.29 is 4.79 Å². The summed E-state index contributed by atoms with van der Waals surface area (Å²) in [6.45, 7) is 6.05. The standard InChI is InChI=1S/C13H14N2O/c1-3-6-14-13(16)10-4-5-12-11(8-10)7-9(2)15-12/h3-5,7-8,15H,1,6H2,2H3,(H,14,16). The predicted molar refractivity (Wildman–Crippen MR) is 65.6 cm³/mol. The minimum absolute atomic E-state index is 0.0688. The highest BCUT2D eigenvalue weighted by molar-refractivity contribution is 5.98. The van der Waals surface area contributed by atoms with Crippen LogP contribution in [0.5, 0.6) is 0 Å². The molecule has 0 saturated heterocycles. The van der Waals surface area contributed by atoms with E-state index in [1.54, 1.807) is 6.08 Å². The first-order chi connectivity index (χ1) is 7.70. The van der Waals surface area contributed by atoms with Crippen molar-refractivity contribution in [3.63, 3.8) is 0 Å². The third-order valence-corrected chi connectivity index (χ3v) is 2.42. The van der Waals surface area contributed by atoms with E-state index >= 15 is 0 Å². The molecule has 2 rings (SSSR count). The Balaban J connectivity index is 2.31. The summed E-state index contributed by atoms with van der Waals surface area (Å²) in [4.78, 5) is 14.9. The molecule has 0 aliphatic rings. The van der Waals surface area contributed by atoms with Gasteiger partial charge in [-0.1, -0.05) is 6.08 Å². The van der Waals surface area contributed by atoms with Gasteiger partial charge in [0.25, 0.3) is 5.91 Å². The number of fused-ring (bicyclic) bond motifs is 1. The zero-order chi connectivity index (χ0) is 11.5. The van der Waals surface area contributed by atoms with E-state index in [-0.39, 0.29) is 5.91 Å². The second kappa shape index (κ2) is 4.23. The van der Waals surface area contributed by atoms with E-state index in [0.717, 1.165) is 16.6 Å². The molecule has 0 spiro atoms. The van der Waals surface area contributed by atoms with Gasteiger partial charge in [0.2, 0.25) is 0 Å². The quantitative estimate of drug-likeness (QED) is 0.757. The zero-order valence-corrected chi connectivity index (χ0v) is 9.21. The number of aryl methyl sites for hydroxylation is 1. The third kappa shape index (κ3) is 1.98. The monoisotopic (exact) mass is 214 g/mol. The van der Waals surface area contributed by atoms with E-state index in [1.165, 1.54) is 0 Å². The Hall–Kier alpha value is -2.03. The number of carbonyl (C=O) groups excluding carboxylic acids is 1. The van der Waals surface area contributed by atoms with Gasteiger partial charge in [0.05, 0.1) is 0 Å². The first kappa shape index (κ1) is 10.5. The summed E-state index contributed by atoms with van der Waals surface area (Å²) >= 11 is 0. The van der Waals surface area contributed by atoms with Crippen LogP contribution in [0, 0.1) is 6.92 Å². The molecule has 2 N–H and O–H groups in total. The fourth-order valence-electron chi connectivity index (χ4n) is 1.69. The minimum atomic E-state index is -0.0688. The lowest BCUT2D eigenvalue weighted by Crippen LogP contribution is -2.22. The molecule has 0 radical (unpaired) electrons. The number of H-pyrrole nitrogens is 1. The second-order valence-corrected chi connectivity index (χ2v) is 3.75. The van der Waals surface area contributed by atoms with Crippen LogP contribution in [-0.2, 0) is 0 Å². The topological polar surface area (TPSA) is 44.9 Å². The van der Waals surface area contributed by atoms with Crippen LogP contribution in [0.1, 0.15) is 16.1 Å². The molecular formula is C13H14N2O. The van der Waals surface area contributed by atoms with E-state index in [0.29, 0.717) is 12.1 Å². The van der Waals surface area contributed by atoms with Crippen molar-refractivity contribution in [1.82, 2.24) is 10.3 Å². The van der Waals surface area contributed by atoms with Crippen LogP contribution in [0.25, 0.3) is 10.9 Å². The Labute approximate surface area is 94.2 Å². The highest BCUT2D eigenvalue weighted by Gasteiger charge is 2.05. The Kier molecular flexibility index (Phi) is 2.77. The SMILES string of the molecule is C=CCNC(=O)c1ccc2[nH]c(C)cc2c1. The highest BCUT2D eigenvalue weighted by atomic mass is 16.1. The van der Waals surface area contributed by atoms with Gasteiger partial charge in [0.1, 0.15) is 0 Å².